The predicted octanol–water partition coefficient (Wildman–Crippen LogP) is 0.0114. The first-order valence-corrected chi connectivity index (χ1v) is 6.11. The molecule has 1 aromatic carbocycles. The second-order valence-corrected chi connectivity index (χ2v) is 4.36. The molecule has 2 amide bonds. The number of non-ortho nitro benzene ring substituents is 1. The topological polar surface area (TPSA) is 113 Å². The van der Waals surface area contributed by atoms with Gasteiger partial charge < -0.3 is 16.0 Å². The van der Waals surface area contributed by atoms with E-state index in [9.17, 15) is 19.7 Å². The van der Waals surface area contributed by atoms with Crippen LogP contribution in [-0.4, -0.2) is 35.9 Å². The summed E-state index contributed by atoms with van der Waals surface area (Å²) in [4.78, 5) is 33.4. The number of nitrogens with zero attached hydrogens (tertiary/aromatic N) is 1. The quantitative estimate of drug-likeness (QED) is 0.530. The Morgan fingerprint density at radius 1 is 1.45 bits per heavy atom. The Balaban J connectivity index is 1.95. The van der Waals surface area contributed by atoms with Crippen molar-refractivity contribution in [1.29, 1.82) is 0 Å². The van der Waals surface area contributed by atoms with Gasteiger partial charge in [0.25, 0.3) is 5.69 Å². The van der Waals surface area contributed by atoms with Crippen molar-refractivity contribution in [1.82, 2.24) is 10.6 Å². The van der Waals surface area contributed by atoms with Crippen LogP contribution in [0.3, 0.4) is 0 Å². The van der Waals surface area contributed by atoms with Crippen LogP contribution in [-0.2, 0) is 9.59 Å². The summed E-state index contributed by atoms with van der Waals surface area (Å²) >= 11 is 0. The van der Waals surface area contributed by atoms with E-state index in [2.05, 4.69) is 16.0 Å². The molecule has 0 unspecified atom stereocenters. The summed E-state index contributed by atoms with van der Waals surface area (Å²) in [6, 6.07) is 5.08. The molecule has 0 radical (unpaired) electrons. The van der Waals surface area contributed by atoms with E-state index in [1.807, 2.05) is 0 Å². The fourth-order valence-corrected chi connectivity index (χ4v) is 1.91. The van der Waals surface area contributed by atoms with Gasteiger partial charge in [-0.25, -0.2) is 0 Å². The molecule has 3 N–H and O–H groups in total. The van der Waals surface area contributed by atoms with Crippen LogP contribution in [0.4, 0.5) is 11.4 Å². The van der Waals surface area contributed by atoms with Crippen LogP contribution in [0.2, 0.25) is 0 Å². The summed E-state index contributed by atoms with van der Waals surface area (Å²) in [6.45, 7) is 1.16. The summed E-state index contributed by atoms with van der Waals surface area (Å²) in [5.74, 6) is -0.592. The number of nitro benzene ring substituents is 1. The monoisotopic (exact) mass is 278 g/mol. The molecule has 8 nitrogen and oxygen atoms in total. The Morgan fingerprint density at radius 3 is 2.95 bits per heavy atom. The molecule has 1 heterocycles. The van der Waals surface area contributed by atoms with Gasteiger partial charge in [-0.15, -0.1) is 0 Å². The van der Waals surface area contributed by atoms with Crippen molar-refractivity contribution in [3.05, 3.63) is 34.4 Å². The summed E-state index contributed by atoms with van der Waals surface area (Å²) < 4.78 is 0. The van der Waals surface area contributed by atoms with Crippen LogP contribution in [0.5, 0.6) is 0 Å². The summed E-state index contributed by atoms with van der Waals surface area (Å²) in [5.41, 5.74) is 0.233. The van der Waals surface area contributed by atoms with E-state index in [1.54, 1.807) is 6.07 Å². The number of anilines is 1. The van der Waals surface area contributed by atoms with Crippen molar-refractivity contribution in [3.8, 4) is 0 Å². The lowest BCUT2D eigenvalue weighted by atomic mass is 10.1. The maximum atomic E-state index is 11.8. The second-order valence-electron chi connectivity index (χ2n) is 4.36. The first-order valence-electron chi connectivity index (χ1n) is 6.11. The zero-order chi connectivity index (χ0) is 14.5. The molecular weight excluding hydrogens is 264 g/mol. The van der Waals surface area contributed by atoms with E-state index in [0.717, 1.165) is 0 Å². The van der Waals surface area contributed by atoms with Crippen LogP contribution in [0, 0.1) is 10.1 Å². The van der Waals surface area contributed by atoms with Crippen molar-refractivity contribution in [2.45, 2.75) is 12.5 Å². The Hall–Kier alpha value is -2.48. The molecular formula is C12H14N4O4. The minimum absolute atomic E-state index is 0.0193. The molecule has 0 spiro atoms. The highest BCUT2D eigenvalue weighted by Gasteiger charge is 2.24. The molecule has 0 aliphatic carbocycles. The summed E-state index contributed by atoms with van der Waals surface area (Å²) in [6.07, 6.45) is -0.0193. The number of nitro groups is 1. The molecule has 0 bridgehead atoms. The third-order valence-corrected chi connectivity index (χ3v) is 2.86. The average Bonchev–Trinajstić information content (AvgIpc) is 2.41. The van der Waals surface area contributed by atoms with Gasteiger partial charge in [0.1, 0.15) is 0 Å². The number of rotatable bonds is 4. The van der Waals surface area contributed by atoms with Gasteiger partial charge in [0.2, 0.25) is 11.8 Å². The maximum Gasteiger partial charge on any atom is 0.271 e. The van der Waals surface area contributed by atoms with E-state index in [4.69, 9.17) is 0 Å². The van der Waals surface area contributed by atoms with E-state index in [-0.39, 0.29) is 23.9 Å². The minimum atomic E-state index is -0.567. The number of carbonyl (C=O) groups is 2. The van der Waals surface area contributed by atoms with Crippen molar-refractivity contribution in [3.63, 3.8) is 0 Å². The Labute approximate surface area is 114 Å². The highest BCUT2D eigenvalue weighted by Crippen LogP contribution is 2.17. The molecule has 0 saturated carbocycles. The van der Waals surface area contributed by atoms with Gasteiger partial charge in [-0.3, -0.25) is 19.7 Å². The molecule has 1 saturated heterocycles. The lowest BCUT2D eigenvalue weighted by Gasteiger charge is -2.22. The van der Waals surface area contributed by atoms with Gasteiger partial charge in [0.15, 0.2) is 0 Å². The average molecular weight is 278 g/mol. The number of piperazine rings is 1. The van der Waals surface area contributed by atoms with Crippen molar-refractivity contribution >= 4 is 23.2 Å². The summed E-state index contributed by atoms with van der Waals surface area (Å²) in [7, 11) is 0. The number of nitrogens with one attached hydrogen (secondary N) is 3. The first kappa shape index (κ1) is 13.9. The normalized spacial score (nSPS) is 18.2. The first-order chi connectivity index (χ1) is 9.56. The molecule has 1 fully saturated rings. The van der Waals surface area contributed by atoms with E-state index < -0.39 is 11.0 Å². The number of amides is 2. The highest BCUT2D eigenvalue weighted by molar-refractivity contribution is 5.95. The Kier molecular flexibility index (Phi) is 4.26. The molecule has 106 valence electrons. The molecule has 2 rings (SSSR count). The van der Waals surface area contributed by atoms with Gasteiger partial charge in [0, 0.05) is 30.9 Å². The molecule has 20 heavy (non-hydrogen) atoms. The minimum Gasteiger partial charge on any atom is -0.353 e. The zero-order valence-corrected chi connectivity index (χ0v) is 10.6. The third kappa shape index (κ3) is 3.51. The van der Waals surface area contributed by atoms with Gasteiger partial charge >= 0.3 is 0 Å². The largest absolute Gasteiger partial charge is 0.353 e. The van der Waals surface area contributed by atoms with Crippen LogP contribution in [0.25, 0.3) is 0 Å². The van der Waals surface area contributed by atoms with Gasteiger partial charge in [-0.2, -0.15) is 0 Å². The third-order valence-electron chi connectivity index (χ3n) is 2.86. The molecule has 1 aliphatic heterocycles. The highest BCUT2D eigenvalue weighted by atomic mass is 16.6. The van der Waals surface area contributed by atoms with E-state index in [0.29, 0.717) is 18.8 Å². The Morgan fingerprint density at radius 2 is 2.25 bits per heavy atom. The molecule has 1 aromatic rings. The Bertz CT molecular complexity index is 546. The smallest absolute Gasteiger partial charge is 0.271 e. The number of hydrogen-bond acceptors (Lipinski definition) is 5. The van der Waals surface area contributed by atoms with Crippen LogP contribution in [0.1, 0.15) is 6.42 Å². The fourth-order valence-electron chi connectivity index (χ4n) is 1.91. The van der Waals surface area contributed by atoms with Crippen LogP contribution in [0.15, 0.2) is 24.3 Å². The number of carbonyl (C=O) groups excluding carboxylic acids is 2. The van der Waals surface area contributed by atoms with Gasteiger partial charge in [0.05, 0.1) is 17.4 Å². The predicted molar refractivity (Wildman–Crippen MR) is 71.1 cm³/mol. The lowest BCUT2D eigenvalue weighted by Crippen LogP contribution is -2.53. The maximum absolute atomic E-state index is 11.8. The van der Waals surface area contributed by atoms with Crippen molar-refractivity contribution in [2.24, 2.45) is 0 Å². The SMILES string of the molecule is O=C(C[C@@H]1NCCNC1=O)Nc1cccc([N+](=O)[O-])c1. The van der Waals surface area contributed by atoms with Crippen LogP contribution < -0.4 is 16.0 Å². The molecule has 8 heteroatoms. The van der Waals surface area contributed by atoms with Crippen molar-refractivity contribution < 1.29 is 14.5 Å². The van der Waals surface area contributed by atoms with Gasteiger partial charge in [-0.1, -0.05) is 6.07 Å². The van der Waals surface area contributed by atoms with Gasteiger partial charge in [-0.05, 0) is 6.07 Å². The molecule has 0 aromatic heterocycles. The van der Waals surface area contributed by atoms with Crippen LogP contribution >= 0.6 is 0 Å². The molecule has 1 atom stereocenters. The fraction of sp³-hybridized carbons (Fsp3) is 0.333. The number of hydrogen-bond donors (Lipinski definition) is 3. The second kappa shape index (κ2) is 6.11. The van der Waals surface area contributed by atoms with E-state index in [1.165, 1.54) is 18.2 Å². The van der Waals surface area contributed by atoms with E-state index >= 15 is 0 Å². The lowest BCUT2D eigenvalue weighted by molar-refractivity contribution is -0.384. The standard InChI is InChI=1S/C12H14N4O4/c17-11(7-10-12(18)14-5-4-13-10)15-8-2-1-3-9(6-8)16(19)20/h1-3,6,10,13H,4-5,7H2,(H,14,18)(H,15,17)/t10-/m0/s1. The zero-order valence-electron chi connectivity index (χ0n) is 10.6. The number of benzene rings is 1. The molecule has 1 aliphatic rings. The van der Waals surface area contributed by atoms with Crippen molar-refractivity contribution in [2.75, 3.05) is 18.4 Å². The summed E-state index contributed by atoms with van der Waals surface area (Å²) in [5, 5.41) is 18.8.